The van der Waals surface area contributed by atoms with Crippen LogP contribution in [0.1, 0.15) is 62.8 Å². The summed E-state index contributed by atoms with van der Waals surface area (Å²) < 4.78 is 34.0. The highest BCUT2D eigenvalue weighted by Gasteiger charge is 2.34. The Balaban J connectivity index is 1.45. The molecule has 2 aromatic carbocycles. The molecule has 1 saturated carbocycles. The Morgan fingerprint density at radius 2 is 1.97 bits per heavy atom. The third-order valence-corrected chi connectivity index (χ3v) is 7.25. The van der Waals surface area contributed by atoms with E-state index in [1.54, 1.807) is 18.2 Å². The molecule has 7 nitrogen and oxygen atoms in total. The summed E-state index contributed by atoms with van der Waals surface area (Å²) in [6, 6.07) is 10.0. The Kier molecular flexibility index (Phi) is 4.79. The van der Waals surface area contributed by atoms with E-state index in [0.29, 0.717) is 46.3 Å². The number of benzene rings is 2. The Hall–Kier alpha value is -3.57. The fourth-order valence-corrected chi connectivity index (χ4v) is 4.95. The Labute approximate surface area is 186 Å². The number of carbonyl (C=O) groups is 1. The highest BCUT2D eigenvalue weighted by molar-refractivity contribution is 7.92. The van der Waals surface area contributed by atoms with Crippen molar-refractivity contribution in [3.8, 4) is 11.8 Å². The highest BCUT2D eigenvalue weighted by Crippen LogP contribution is 2.44. The van der Waals surface area contributed by atoms with Gasteiger partial charge in [-0.1, -0.05) is 23.2 Å². The molecule has 8 heteroatoms. The van der Waals surface area contributed by atoms with Crippen molar-refractivity contribution in [1.82, 2.24) is 10.5 Å². The highest BCUT2D eigenvalue weighted by atomic mass is 32.2. The van der Waals surface area contributed by atoms with Crippen molar-refractivity contribution < 1.29 is 17.7 Å². The summed E-state index contributed by atoms with van der Waals surface area (Å²) in [5.41, 5.74) is 4.67. The molecule has 162 valence electrons. The molecular weight excluding hydrogens is 426 g/mol. The van der Waals surface area contributed by atoms with Crippen LogP contribution in [0.4, 0.5) is 5.69 Å². The first-order valence-corrected chi connectivity index (χ1v) is 11.8. The number of fused-ring (bicyclic) bond motifs is 1. The number of rotatable bonds is 4. The normalized spacial score (nSPS) is 15.0. The zero-order valence-electron chi connectivity index (χ0n) is 17.7. The van der Waals surface area contributed by atoms with Gasteiger partial charge in [0, 0.05) is 28.8 Å². The fourth-order valence-electron chi connectivity index (χ4n) is 3.82. The SMILES string of the molecule is Cc1onc(C#Cc2cccc(S(=O)(=O)Nc3ccc(C4CC4)c4c3CNC4=O)c2)c1C. The Morgan fingerprint density at radius 1 is 1.16 bits per heavy atom. The van der Waals surface area contributed by atoms with Gasteiger partial charge in [-0.3, -0.25) is 9.52 Å². The van der Waals surface area contributed by atoms with Crippen LogP contribution in [0.3, 0.4) is 0 Å². The number of nitrogens with zero attached hydrogens (tertiary/aromatic N) is 1. The zero-order chi connectivity index (χ0) is 22.5. The molecule has 3 aromatic rings. The van der Waals surface area contributed by atoms with Crippen LogP contribution in [0.25, 0.3) is 0 Å². The zero-order valence-corrected chi connectivity index (χ0v) is 18.5. The summed E-state index contributed by atoms with van der Waals surface area (Å²) in [5, 5.41) is 6.72. The monoisotopic (exact) mass is 447 g/mol. The number of aryl methyl sites for hydroxylation is 1. The summed E-state index contributed by atoms with van der Waals surface area (Å²) in [6.45, 7) is 3.99. The minimum absolute atomic E-state index is 0.0923. The van der Waals surface area contributed by atoms with E-state index in [9.17, 15) is 13.2 Å². The topological polar surface area (TPSA) is 101 Å². The van der Waals surface area contributed by atoms with Crippen molar-refractivity contribution in [2.24, 2.45) is 0 Å². The molecule has 2 heterocycles. The second-order valence-electron chi connectivity index (χ2n) is 8.11. The minimum atomic E-state index is -3.87. The molecule has 0 saturated heterocycles. The molecule has 1 amide bonds. The Morgan fingerprint density at radius 3 is 2.69 bits per heavy atom. The summed E-state index contributed by atoms with van der Waals surface area (Å²) >= 11 is 0. The van der Waals surface area contributed by atoms with E-state index in [1.807, 2.05) is 19.9 Å². The molecule has 0 unspecified atom stereocenters. The number of aromatic nitrogens is 1. The first kappa shape index (κ1) is 20.3. The van der Waals surface area contributed by atoms with E-state index < -0.39 is 10.0 Å². The van der Waals surface area contributed by atoms with Crippen LogP contribution >= 0.6 is 0 Å². The minimum Gasteiger partial charge on any atom is -0.360 e. The van der Waals surface area contributed by atoms with E-state index >= 15 is 0 Å². The van der Waals surface area contributed by atoms with Gasteiger partial charge < -0.3 is 9.84 Å². The predicted molar refractivity (Wildman–Crippen MR) is 119 cm³/mol. The van der Waals surface area contributed by atoms with Crippen LogP contribution in [0.2, 0.25) is 0 Å². The van der Waals surface area contributed by atoms with Crippen LogP contribution in [0.15, 0.2) is 45.8 Å². The molecule has 2 aliphatic rings. The van der Waals surface area contributed by atoms with Gasteiger partial charge >= 0.3 is 0 Å². The van der Waals surface area contributed by atoms with Gasteiger partial charge in [-0.2, -0.15) is 0 Å². The van der Waals surface area contributed by atoms with Crippen molar-refractivity contribution in [2.45, 2.75) is 44.0 Å². The average Bonchev–Trinajstić information content (AvgIpc) is 3.48. The maximum Gasteiger partial charge on any atom is 0.261 e. The number of anilines is 1. The lowest BCUT2D eigenvalue weighted by Gasteiger charge is -2.13. The van der Waals surface area contributed by atoms with Gasteiger partial charge in [0.2, 0.25) is 0 Å². The molecule has 0 bridgehead atoms. The molecule has 1 fully saturated rings. The molecule has 0 radical (unpaired) electrons. The number of hydrogen-bond donors (Lipinski definition) is 2. The fraction of sp³-hybridized carbons (Fsp3) is 0.250. The quantitative estimate of drug-likeness (QED) is 0.595. The van der Waals surface area contributed by atoms with Crippen LogP contribution in [-0.2, 0) is 16.6 Å². The maximum atomic E-state index is 13.1. The second kappa shape index (κ2) is 7.53. The van der Waals surface area contributed by atoms with Gasteiger partial charge in [-0.15, -0.1) is 0 Å². The molecule has 5 rings (SSSR count). The van der Waals surface area contributed by atoms with E-state index in [2.05, 4.69) is 27.0 Å². The van der Waals surface area contributed by atoms with Gasteiger partial charge in [-0.25, -0.2) is 8.42 Å². The number of carbonyl (C=O) groups excluding carboxylic acids is 1. The van der Waals surface area contributed by atoms with Crippen molar-refractivity contribution in [3.05, 3.63) is 75.7 Å². The van der Waals surface area contributed by atoms with Crippen LogP contribution in [0, 0.1) is 25.7 Å². The van der Waals surface area contributed by atoms with Gasteiger partial charge in [0.25, 0.3) is 15.9 Å². The van der Waals surface area contributed by atoms with Crippen molar-refractivity contribution in [2.75, 3.05) is 4.72 Å². The maximum absolute atomic E-state index is 13.1. The van der Waals surface area contributed by atoms with E-state index in [1.165, 1.54) is 12.1 Å². The van der Waals surface area contributed by atoms with Crippen LogP contribution < -0.4 is 10.0 Å². The van der Waals surface area contributed by atoms with Gasteiger partial charge in [0.15, 0.2) is 5.69 Å². The molecule has 0 spiro atoms. The van der Waals surface area contributed by atoms with Crippen molar-refractivity contribution in [1.29, 1.82) is 0 Å². The largest absolute Gasteiger partial charge is 0.360 e. The second-order valence-corrected chi connectivity index (χ2v) is 9.79. The molecule has 0 atom stereocenters. The van der Waals surface area contributed by atoms with E-state index in [4.69, 9.17) is 4.52 Å². The number of hydrogen-bond acceptors (Lipinski definition) is 5. The van der Waals surface area contributed by atoms with E-state index in [-0.39, 0.29) is 10.8 Å². The lowest BCUT2D eigenvalue weighted by molar-refractivity contribution is 0.0965. The third-order valence-electron chi connectivity index (χ3n) is 5.89. The van der Waals surface area contributed by atoms with Crippen molar-refractivity contribution >= 4 is 21.6 Å². The van der Waals surface area contributed by atoms with E-state index in [0.717, 1.165) is 24.0 Å². The standard InChI is InChI=1S/C24H21N3O4S/c1-14-15(2)31-26-21(14)10-6-16-4-3-5-18(12-16)32(29,30)27-22-11-9-19(17-7-8-17)23-20(22)13-25-24(23)28/h3-5,9,11-12,17,27H,7-8,13H2,1-2H3,(H,25,28). The first-order chi connectivity index (χ1) is 15.3. The summed E-state index contributed by atoms with van der Waals surface area (Å²) in [4.78, 5) is 12.4. The number of nitrogens with one attached hydrogen (secondary N) is 2. The van der Waals surface area contributed by atoms with Gasteiger partial charge in [0.05, 0.1) is 10.6 Å². The first-order valence-electron chi connectivity index (χ1n) is 10.4. The molecule has 32 heavy (non-hydrogen) atoms. The molecular formula is C24H21N3O4S. The van der Waals surface area contributed by atoms with Crippen LogP contribution in [-0.4, -0.2) is 19.5 Å². The third kappa shape index (κ3) is 3.65. The van der Waals surface area contributed by atoms with Crippen molar-refractivity contribution in [3.63, 3.8) is 0 Å². The number of amides is 1. The summed E-state index contributed by atoms with van der Waals surface area (Å²) in [6.07, 6.45) is 2.12. The smallest absolute Gasteiger partial charge is 0.261 e. The average molecular weight is 448 g/mol. The predicted octanol–water partition coefficient (Wildman–Crippen LogP) is 3.61. The lowest BCUT2D eigenvalue weighted by atomic mass is 9.98. The lowest BCUT2D eigenvalue weighted by Crippen LogP contribution is -2.15. The molecule has 1 aliphatic carbocycles. The number of sulfonamides is 1. The van der Waals surface area contributed by atoms with Gasteiger partial charge in [0.1, 0.15) is 5.76 Å². The van der Waals surface area contributed by atoms with Crippen LogP contribution in [0.5, 0.6) is 0 Å². The molecule has 2 N–H and O–H groups in total. The summed E-state index contributed by atoms with van der Waals surface area (Å²) in [5.74, 6) is 6.82. The summed E-state index contributed by atoms with van der Waals surface area (Å²) in [7, 11) is -3.87. The molecule has 1 aliphatic heterocycles. The van der Waals surface area contributed by atoms with Gasteiger partial charge in [-0.05, 0) is 68.4 Å². The Bertz CT molecular complexity index is 1420. The molecule has 1 aromatic heterocycles.